The maximum Gasteiger partial charge on any atom is 0.156 e. The number of terminal acetylenes is 1. The Hall–Kier alpha value is -1.11. The van der Waals surface area contributed by atoms with Gasteiger partial charge in [0.05, 0.1) is 0 Å². The van der Waals surface area contributed by atoms with Crippen LogP contribution in [0.3, 0.4) is 0 Å². The molecule has 0 unspecified atom stereocenters. The monoisotopic (exact) mass is 196 g/mol. The van der Waals surface area contributed by atoms with Crippen LogP contribution in [0.4, 0.5) is 0 Å². The summed E-state index contributed by atoms with van der Waals surface area (Å²) in [6, 6.07) is 1.69. The molecule has 1 heterocycles. The lowest BCUT2D eigenvalue weighted by atomic mass is 10.4. The molecule has 0 aliphatic heterocycles. The van der Waals surface area contributed by atoms with Gasteiger partial charge in [0, 0.05) is 5.69 Å². The zero-order valence-electron chi connectivity index (χ0n) is 7.25. The minimum atomic E-state index is 0.259. The van der Waals surface area contributed by atoms with Crippen LogP contribution in [-0.2, 0) is 11.3 Å². The van der Waals surface area contributed by atoms with Gasteiger partial charge in [-0.05, 0) is 13.0 Å². The summed E-state index contributed by atoms with van der Waals surface area (Å²) in [5.74, 6) is 2.91. The van der Waals surface area contributed by atoms with Gasteiger partial charge in [0.2, 0.25) is 0 Å². The summed E-state index contributed by atoms with van der Waals surface area (Å²) in [7, 11) is 0. The van der Waals surface area contributed by atoms with Gasteiger partial charge in [-0.2, -0.15) is 0 Å². The molecule has 0 N–H and O–H groups in total. The first-order valence-electron chi connectivity index (χ1n) is 3.73. The molecule has 0 radical (unpaired) electrons. The Kier molecular flexibility index (Phi) is 3.69. The van der Waals surface area contributed by atoms with Crippen molar-refractivity contribution in [3.63, 3.8) is 0 Å². The molecule has 0 saturated carbocycles. The van der Waals surface area contributed by atoms with Crippen LogP contribution in [0.15, 0.2) is 6.07 Å². The SMILES string of the molecule is C#CCOCc1nc(C)cc(Cl)n1. The van der Waals surface area contributed by atoms with Gasteiger partial charge in [0.25, 0.3) is 0 Å². The quantitative estimate of drug-likeness (QED) is 0.418. The summed E-state index contributed by atoms with van der Waals surface area (Å²) < 4.78 is 5.06. The summed E-state index contributed by atoms with van der Waals surface area (Å²) in [5.41, 5.74) is 0.819. The topological polar surface area (TPSA) is 35.0 Å². The van der Waals surface area contributed by atoms with Gasteiger partial charge in [-0.15, -0.1) is 6.42 Å². The Labute approximate surface area is 82.1 Å². The van der Waals surface area contributed by atoms with E-state index in [9.17, 15) is 0 Å². The first-order chi connectivity index (χ1) is 6.22. The van der Waals surface area contributed by atoms with Crippen LogP contribution < -0.4 is 0 Å². The highest BCUT2D eigenvalue weighted by atomic mass is 35.5. The number of rotatable bonds is 3. The zero-order valence-corrected chi connectivity index (χ0v) is 8.01. The minimum Gasteiger partial charge on any atom is -0.361 e. The zero-order chi connectivity index (χ0) is 9.68. The van der Waals surface area contributed by atoms with Crippen LogP contribution in [0.5, 0.6) is 0 Å². The molecule has 0 aliphatic rings. The number of hydrogen-bond donors (Lipinski definition) is 0. The van der Waals surface area contributed by atoms with Crippen LogP contribution in [0.1, 0.15) is 11.5 Å². The number of hydrogen-bond acceptors (Lipinski definition) is 3. The molecule has 68 valence electrons. The van der Waals surface area contributed by atoms with Gasteiger partial charge in [0.1, 0.15) is 18.4 Å². The van der Waals surface area contributed by atoms with E-state index >= 15 is 0 Å². The summed E-state index contributed by atoms with van der Waals surface area (Å²) in [5, 5.41) is 0.423. The predicted octanol–water partition coefficient (Wildman–Crippen LogP) is 1.59. The van der Waals surface area contributed by atoms with E-state index in [-0.39, 0.29) is 6.61 Å². The van der Waals surface area contributed by atoms with Crippen molar-refractivity contribution < 1.29 is 4.74 Å². The van der Waals surface area contributed by atoms with Crippen molar-refractivity contribution in [2.24, 2.45) is 0 Å². The van der Waals surface area contributed by atoms with Gasteiger partial charge < -0.3 is 4.74 Å². The molecule has 0 fully saturated rings. The molecule has 4 heteroatoms. The molecule has 1 aromatic rings. The fourth-order valence-electron chi connectivity index (χ4n) is 0.855. The van der Waals surface area contributed by atoms with E-state index in [4.69, 9.17) is 22.8 Å². The fraction of sp³-hybridized carbons (Fsp3) is 0.333. The third-order valence-electron chi connectivity index (χ3n) is 1.29. The second-order valence-electron chi connectivity index (χ2n) is 2.45. The first-order valence-corrected chi connectivity index (χ1v) is 4.11. The summed E-state index contributed by atoms with van der Waals surface area (Å²) >= 11 is 5.72. The number of halogens is 1. The third kappa shape index (κ3) is 3.41. The van der Waals surface area contributed by atoms with Gasteiger partial charge in [0.15, 0.2) is 5.82 Å². The molecular formula is C9H9ClN2O. The average molecular weight is 197 g/mol. The highest BCUT2D eigenvalue weighted by molar-refractivity contribution is 6.29. The average Bonchev–Trinajstić information content (AvgIpc) is 2.03. The highest BCUT2D eigenvalue weighted by Gasteiger charge is 1.99. The Morgan fingerprint density at radius 2 is 2.38 bits per heavy atom. The van der Waals surface area contributed by atoms with E-state index in [2.05, 4.69) is 15.9 Å². The number of ether oxygens (including phenoxy) is 1. The summed E-state index contributed by atoms with van der Waals surface area (Å²) in [6.07, 6.45) is 5.01. The van der Waals surface area contributed by atoms with Crippen LogP contribution in [0.2, 0.25) is 5.15 Å². The Balaban J connectivity index is 2.62. The molecule has 0 atom stereocenters. The standard InChI is InChI=1S/C9H9ClN2O/c1-3-4-13-6-9-11-7(2)5-8(10)12-9/h1,5H,4,6H2,2H3. The van der Waals surface area contributed by atoms with Gasteiger partial charge in [-0.1, -0.05) is 17.5 Å². The maximum absolute atomic E-state index is 5.72. The molecule has 0 bridgehead atoms. The number of nitrogens with zero attached hydrogens (tertiary/aromatic N) is 2. The van der Waals surface area contributed by atoms with Gasteiger partial charge in [-0.3, -0.25) is 0 Å². The largest absolute Gasteiger partial charge is 0.361 e. The Morgan fingerprint density at radius 1 is 1.62 bits per heavy atom. The molecule has 0 aliphatic carbocycles. The normalized spacial score (nSPS) is 9.62. The molecule has 13 heavy (non-hydrogen) atoms. The van der Waals surface area contributed by atoms with Crippen molar-refractivity contribution >= 4 is 11.6 Å². The van der Waals surface area contributed by atoms with Crippen molar-refractivity contribution in [3.05, 3.63) is 22.7 Å². The minimum absolute atomic E-state index is 0.259. The van der Waals surface area contributed by atoms with Crippen molar-refractivity contribution in [1.29, 1.82) is 0 Å². The maximum atomic E-state index is 5.72. The van der Waals surface area contributed by atoms with Crippen molar-refractivity contribution in [3.8, 4) is 12.3 Å². The van der Waals surface area contributed by atoms with E-state index in [1.807, 2.05) is 6.92 Å². The number of aromatic nitrogens is 2. The van der Waals surface area contributed by atoms with Gasteiger partial charge in [-0.25, -0.2) is 9.97 Å². The lowest BCUT2D eigenvalue weighted by Gasteiger charge is -2.01. The molecule has 1 rings (SSSR count). The first kappa shape index (κ1) is 9.97. The fourth-order valence-corrected chi connectivity index (χ4v) is 1.11. The third-order valence-corrected chi connectivity index (χ3v) is 1.48. The Bertz CT molecular complexity index is 313. The van der Waals surface area contributed by atoms with Crippen LogP contribution >= 0.6 is 11.6 Å². The van der Waals surface area contributed by atoms with E-state index in [1.54, 1.807) is 6.07 Å². The van der Waals surface area contributed by atoms with E-state index in [1.165, 1.54) is 0 Å². The van der Waals surface area contributed by atoms with Crippen molar-refractivity contribution in [2.75, 3.05) is 6.61 Å². The highest BCUT2D eigenvalue weighted by Crippen LogP contribution is 2.06. The van der Waals surface area contributed by atoms with E-state index in [0.29, 0.717) is 17.6 Å². The van der Waals surface area contributed by atoms with E-state index < -0.39 is 0 Å². The molecule has 0 spiro atoms. The molecule has 0 saturated heterocycles. The van der Waals surface area contributed by atoms with E-state index in [0.717, 1.165) is 5.69 Å². The smallest absolute Gasteiger partial charge is 0.156 e. The molecule has 0 amide bonds. The molecule has 1 aromatic heterocycles. The predicted molar refractivity (Wildman–Crippen MR) is 50.3 cm³/mol. The van der Waals surface area contributed by atoms with Crippen LogP contribution in [0, 0.1) is 19.3 Å². The summed E-state index contributed by atoms with van der Waals surface area (Å²) in [6.45, 7) is 2.40. The second-order valence-corrected chi connectivity index (χ2v) is 2.83. The van der Waals surface area contributed by atoms with Crippen molar-refractivity contribution in [1.82, 2.24) is 9.97 Å². The lowest BCUT2D eigenvalue weighted by molar-refractivity contribution is 0.147. The number of aryl methyl sites for hydroxylation is 1. The van der Waals surface area contributed by atoms with Crippen LogP contribution in [-0.4, -0.2) is 16.6 Å². The molecular weight excluding hydrogens is 188 g/mol. The summed E-state index contributed by atoms with van der Waals surface area (Å²) in [4.78, 5) is 8.08. The van der Waals surface area contributed by atoms with Crippen molar-refractivity contribution in [2.45, 2.75) is 13.5 Å². The molecule has 0 aromatic carbocycles. The molecule has 3 nitrogen and oxygen atoms in total. The second kappa shape index (κ2) is 4.80. The Morgan fingerprint density at radius 3 is 3.00 bits per heavy atom. The van der Waals surface area contributed by atoms with Crippen LogP contribution in [0.25, 0.3) is 0 Å². The lowest BCUT2D eigenvalue weighted by Crippen LogP contribution is -2.00. The van der Waals surface area contributed by atoms with Gasteiger partial charge >= 0.3 is 0 Å².